The van der Waals surface area contributed by atoms with Crippen LogP contribution in [0, 0.1) is 0 Å². The van der Waals surface area contributed by atoms with Crippen LogP contribution in [0.4, 0.5) is 5.69 Å². The Morgan fingerprint density at radius 1 is 0.865 bits per heavy atom. The van der Waals surface area contributed by atoms with Crippen molar-refractivity contribution in [3.05, 3.63) is 101 Å². The minimum absolute atomic E-state index is 0.130. The topological polar surface area (TPSA) is 86.8 Å². The molecule has 0 aliphatic carbocycles. The summed E-state index contributed by atoms with van der Waals surface area (Å²) in [5.41, 5.74) is 2.09. The molecule has 196 valence electrons. The van der Waals surface area contributed by atoms with Crippen LogP contribution >= 0.6 is 15.9 Å². The molecule has 1 unspecified atom stereocenters. The monoisotopic (exact) mass is 585 g/mol. The van der Waals surface area contributed by atoms with E-state index in [0.29, 0.717) is 5.69 Å². The first-order valence-corrected chi connectivity index (χ1v) is 14.6. The van der Waals surface area contributed by atoms with Crippen molar-refractivity contribution in [2.75, 3.05) is 17.1 Å². The first kappa shape index (κ1) is 28.4. The molecule has 37 heavy (non-hydrogen) atoms. The number of nitrogens with one attached hydrogen (secondary N) is 1. The van der Waals surface area contributed by atoms with Crippen LogP contribution in [0.1, 0.15) is 25.0 Å². The number of hydrogen-bond donors (Lipinski definition) is 1. The summed E-state index contributed by atoms with van der Waals surface area (Å²) in [6, 6.07) is 24.6. The third kappa shape index (κ3) is 8.43. The molecule has 0 saturated heterocycles. The van der Waals surface area contributed by atoms with E-state index in [1.54, 1.807) is 24.3 Å². The van der Waals surface area contributed by atoms with Gasteiger partial charge in [-0.3, -0.25) is 13.9 Å². The van der Waals surface area contributed by atoms with Gasteiger partial charge < -0.3 is 10.2 Å². The quantitative estimate of drug-likeness (QED) is 0.362. The van der Waals surface area contributed by atoms with Crippen molar-refractivity contribution in [2.24, 2.45) is 0 Å². The van der Waals surface area contributed by atoms with E-state index in [1.165, 1.54) is 4.90 Å². The maximum Gasteiger partial charge on any atom is 0.244 e. The van der Waals surface area contributed by atoms with E-state index in [2.05, 4.69) is 21.2 Å². The summed E-state index contributed by atoms with van der Waals surface area (Å²) in [4.78, 5) is 28.8. The van der Waals surface area contributed by atoms with Crippen LogP contribution in [0.3, 0.4) is 0 Å². The Morgan fingerprint density at radius 2 is 1.41 bits per heavy atom. The highest BCUT2D eigenvalue weighted by atomic mass is 79.9. The molecule has 3 rings (SSSR count). The number of benzene rings is 3. The molecule has 3 aromatic carbocycles. The molecule has 0 spiro atoms. The molecular formula is C28H32BrN3O4S. The SMILES string of the molecule is CC(C)NC(=O)C(Cc1ccccc1)N(Cc1ccccc1)C(=O)CN(c1ccc(Br)cc1)S(C)(=O)=O. The Hall–Kier alpha value is -3.17. The van der Waals surface area contributed by atoms with E-state index in [0.717, 1.165) is 26.2 Å². The average molecular weight is 587 g/mol. The number of amides is 2. The number of rotatable bonds is 11. The zero-order chi connectivity index (χ0) is 27.0. The molecule has 0 fully saturated rings. The molecule has 0 aromatic heterocycles. The van der Waals surface area contributed by atoms with Crippen LogP contribution in [0.25, 0.3) is 0 Å². The average Bonchev–Trinajstić information content (AvgIpc) is 2.85. The summed E-state index contributed by atoms with van der Waals surface area (Å²) in [7, 11) is -3.79. The van der Waals surface area contributed by atoms with E-state index in [9.17, 15) is 18.0 Å². The van der Waals surface area contributed by atoms with Crippen LogP contribution in [0.15, 0.2) is 89.4 Å². The van der Waals surface area contributed by atoms with Crippen molar-refractivity contribution >= 4 is 43.5 Å². The summed E-state index contributed by atoms with van der Waals surface area (Å²) in [5.74, 6) is -0.769. The van der Waals surface area contributed by atoms with Crippen LogP contribution < -0.4 is 9.62 Å². The second kappa shape index (κ2) is 12.9. The molecule has 7 nitrogen and oxygen atoms in total. The molecule has 3 aromatic rings. The van der Waals surface area contributed by atoms with E-state index in [4.69, 9.17) is 0 Å². The zero-order valence-corrected chi connectivity index (χ0v) is 23.6. The summed E-state index contributed by atoms with van der Waals surface area (Å²) < 4.78 is 27.3. The van der Waals surface area contributed by atoms with E-state index in [-0.39, 0.29) is 24.9 Å². The summed E-state index contributed by atoms with van der Waals surface area (Å²) >= 11 is 3.35. The minimum atomic E-state index is -3.79. The lowest BCUT2D eigenvalue weighted by molar-refractivity contribution is -0.140. The lowest BCUT2D eigenvalue weighted by Gasteiger charge is -2.34. The number of hydrogen-bond acceptors (Lipinski definition) is 4. The third-order valence-electron chi connectivity index (χ3n) is 5.69. The Kier molecular flexibility index (Phi) is 9.88. The third-order valence-corrected chi connectivity index (χ3v) is 7.36. The van der Waals surface area contributed by atoms with Gasteiger partial charge in [0.1, 0.15) is 12.6 Å². The van der Waals surface area contributed by atoms with Crippen molar-refractivity contribution in [2.45, 2.75) is 38.9 Å². The number of nitrogens with zero attached hydrogens (tertiary/aromatic N) is 2. The van der Waals surface area contributed by atoms with E-state index >= 15 is 0 Å². The molecule has 2 amide bonds. The lowest BCUT2D eigenvalue weighted by Crippen LogP contribution is -2.54. The van der Waals surface area contributed by atoms with Crippen molar-refractivity contribution in [3.63, 3.8) is 0 Å². The van der Waals surface area contributed by atoms with Crippen LogP contribution in [0.5, 0.6) is 0 Å². The van der Waals surface area contributed by atoms with Gasteiger partial charge in [0, 0.05) is 23.5 Å². The summed E-state index contributed by atoms with van der Waals surface area (Å²) in [5, 5.41) is 2.94. The Morgan fingerprint density at radius 3 is 1.92 bits per heavy atom. The predicted octanol–water partition coefficient (Wildman–Crippen LogP) is 4.38. The first-order chi connectivity index (χ1) is 17.5. The summed E-state index contributed by atoms with van der Waals surface area (Å²) in [6.07, 6.45) is 1.35. The largest absolute Gasteiger partial charge is 0.352 e. The second-order valence-corrected chi connectivity index (χ2v) is 11.9. The second-order valence-electron chi connectivity index (χ2n) is 9.12. The maximum absolute atomic E-state index is 13.9. The van der Waals surface area contributed by atoms with Gasteiger partial charge in [-0.1, -0.05) is 76.6 Å². The van der Waals surface area contributed by atoms with Crippen molar-refractivity contribution in [3.8, 4) is 0 Å². The normalized spacial score (nSPS) is 12.1. The van der Waals surface area contributed by atoms with Crippen molar-refractivity contribution in [1.82, 2.24) is 10.2 Å². The van der Waals surface area contributed by atoms with Gasteiger partial charge in [0.05, 0.1) is 11.9 Å². The minimum Gasteiger partial charge on any atom is -0.352 e. The number of carbonyl (C=O) groups excluding carboxylic acids is 2. The summed E-state index contributed by atoms with van der Waals surface area (Å²) in [6.45, 7) is 3.44. The van der Waals surface area contributed by atoms with E-state index < -0.39 is 28.5 Å². The van der Waals surface area contributed by atoms with Gasteiger partial charge >= 0.3 is 0 Å². The Labute approximate surface area is 227 Å². The van der Waals surface area contributed by atoms with Gasteiger partial charge in [0.25, 0.3) is 0 Å². The number of halogens is 1. The predicted molar refractivity (Wildman–Crippen MR) is 151 cm³/mol. The smallest absolute Gasteiger partial charge is 0.244 e. The highest BCUT2D eigenvalue weighted by molar-refractivity contribution is 9.10. The first-order valence-electron chi connectivity index (χ1n) is 12.0. The molecule has 0 saturated carbocycles. The molecule has 0 bridgehead atoms. The van der Waals surface area contributed by atoms with Crippen LogP contribution in [-0.4, -0.2) is 50.0 Å². The molecule has 0 aliphatic heterocycles. The van der Waals surface area contributed by atoms with Gasteiger partial charge in [-0.25, -0.2) is 8.42 Å². The number of carbonyl (C=O) groups is 2. The van der Waals surface area contributed by atoms with Crippen molar-refractivity contribution in [1.29, 1.82) is 0 Å². The molecule has 0 heterocycles. The highest BCUT2D eigenvalue weighted by Gasteiger charge is 2.33. The van der Waals surface area contributed by atoms with Crippen LogP contribution in [0.2, 0.25) is 0 Å². The fourth-order valence-corrected chi connectivity index (χ4v) is 5.05. The fourth-order valence-electron chi connectivity index (χ4n) is 3.94. The molecule has 9 heteroatoms. The molecule has 0 radical (unpaired) electrons. The van der Waals surface area contributed by atoms with Gasteiger partial charge in [-0.2, -0.15) is 0 Å². The lowest BCUT2D eigenvalue weighted by atomic mass is 10.0. The zero-order valence-electron chi connectivity index (χ0n) is 21.2. The fraction of sp³-hybridized carbons (Fsp3) is 0.286. The Balaban J connectivity index is 2.02. The highest BCUT2D eigenvalue weighted by Crippen LogP contribution is 2.22. The van der Waals surface area contributed by atoms with Gasteiger partial charge in [-0.05, 0) is 49.2 Å². The maximum atomic E-state index is 13.9. The molecule has 1 atom stereocenters. The molecule has 1 N–H and O–H groups in total. The molecular weight excluding hydrogens is 554 g/mol. The van der Waals surface area contributed by atoms with Crippen LogP contribution in [-0.2, 0) is 32.6 Å². The van der Waals surface area contributed by atoms with E-state index in [1.807, 2.05) is 74.5 Å². The van der Waals surface area contributed by atoms with Crippen molar-refractivity contribution < 1.29 is 18.0 Å². The number of sulfonamides is 1. The van der Waals surface area contributed by atoms with Gasteiger partial charge in [0.2, 0.25) is 21.8 Å². The van der Waals surface area contributed by atoms with Gasteiger partial charge in [-0.15, -0.1) is 0 Å². The van der Waals surface area contributed by atoms with Gasteiger partial charge in [0.15, 0.2) is 0 Å². The number of anilines is 1. The standard InChI is InChI=1S/C28H32BrN3O4S/c1-21(2)30-28(34)26(18-22-10-6-4-7-11-22)31(19-23-12-8-5-9-13-23)27(33)20-32(37(3,35)36)25-16-14-24(29)15-17-25/h4-17,21,26H,18-20H2,1-3H3,(H,30,34). The Bertz CT molecular complexity index is 1280. The molecule has 0 aliphatic rings.